The van der Waals surface area contributed by atoms with E-state index in [4.69, 9.17) is 0 Å². The standard InChI is InChI=1S/C19H22N4O/c1-13-11-14(2)23(21-13)10-8-19(24)22-9-7-16-15-5-3-4-6-17(15)20-18(16)12-22/h3-6,11,20H,7-10,12H2,1-2H3. The molecule has 0 saturated carbocycles. The predicted octanol–water partition coefficient (Wildman–Crippen LogP) is 2.96. The zero-order valence-electron chi connectivity index (χ0n) is 14.2. The summed E-state index contributed by atoms with van der Waals surface area (Å²) in [6, 6.07) is 10.4. The van der Waals surface area contributed by atoms with Crippen molar-refractivity contribution in [3.63, 3.8) is 0 Å². The number of rotatable bonds is 3. The van der Waals surface area contributed by atoms with Gasteiger partial charge in [0.25, 0.3) is 0 Å². The van der Waals surface area contributed by atoms with E-state index in [0.717, 1.165) is 24.4 Å². The number of aromatic nitrogens is 3. The van der Waals surface area contributed by atoms with Crippen LogP contribution in [0.15, 0.2) is 30.3 Å². The van der Waals surface area contributed by atoms with Crippen LogP contribution in [0.5, 0.6) is 0 Å². The van der Waals surface area contributed by atoms with Crippen LogP contribution in [0.1, 0.15) is 29.1 Å². The Morgan fingerprint density at radius 3 is 2.92 bits per heavy atom. The van der Waals surface area contributed by atoms with Crippen molar-refractivity contribution in [2.45, 2.75) is 39.8 Å². The van der Waals surface area contributed by atoms with Crippen LogP contribution in [0.4, 0.5) is 0 Å². The molecule has 1 N–H and O–H groups in total. The third-order valence-electron chi connectivity index (χ3n) is 4.88. The van der Waals surface area contributed by atoms with Crippen molar-refractivity contribution in [1.29, 1.82) is 0 Å². The molecule has 0 atom stereocenters. The number of benzene rings is 1. The molecule has 0 unspecified atom stereocenters. The molecule has 0 radical (unpaired) electrons. The van der Waals surface area contributed by atoms with Crippen LogP contribution >= 0.6 is 0 Å². The summed E-state index contributed by atoms with van der Waals surface area (Å²) in [4.78, 5) is 18.0. The van der Waals surface area contributed by atoms with Gasteiger partial charge in [-0.3, -0.25) is 9.48 Å². The molecule has 1 aliphatic rings. The molecule has 4 rings (SSSR count). The van der Waals surface area contributed by atoms with E-state index in [1.54, 1.807) is 0 Å². The molecule has 0 saturated heterocycles. The van der Waals surface area contributed by atoms with Gasteiger partial charge in [-0.15, -0.1) is 0 Å². The summed E-state index contributed by atoms with van der Waals surface area (Å²) in [7, 11) is 0. The number of nitrogens with one attached hydrogen (secondary N) is 1. The first-order valence-corrected chi connectivity index (χ1v) is 8.49. The van der Waals surface area contributed by atoms with Crippen LogP contribution in [0.3, 0.4) is 0 Å². The Morgan fingerprint density at radius 2 is 2.12 bits per heavy atom. The molecule has 5 nitrogen and oxygen atoms in total. The van der Waals surface area contributed by atoms with Gasteiger partial charge in [-0.05, 0) is 38.0 Å². The maximum atomic E-state index is 12.6. The minimum Gasteiger partial charge on any atom is -0.357 e. The van der Waals surface area contributed by atoms with Gasteiger partial charge in [0.05, 0.1) is 12.2 Å². The number of hydrogen-bond acceptors (Lipinski definition) is 2. The summed E-state index contributed by atoms with van der Waals surface area (Å²) in [5.41, 5.74) is 5.83. The fraction of sp³-hybridized carbons (Fsp3) is 0.368. The number of aromatic amines is 1. The molecule has 0 aliphatic carbocycles. The van der Waals surface area contributed by atoms with E-state index in [9.17, 15) is 4.79 Å². The van der Waals surface area contributed by atoms with Crippen LogP contribution in [-0.4, -0.2) is 32.1 Å². The highest BCUT2D eigenvalue weighted by molar-refractivity contribution is 5.85. The van der Waals surface area contributed by atoms with Crippen molar-refractivity contribution in [2.24, 2.45) is 0 Å². The van der Waals surface area contributed by atoms with Crippen LogP contribution in [-0.2, 0) is 24.3 Å². The molecule has 0 fully saturated rings. The molecule has 3 heterocycles. The third-order valence-corrected chi connectivity index (χ3v) is 4.88. The summed E-state index contributed by atoms with van der Waals surface area (Å²) in [6.07, 6.45) is 1.42. The average molecular weight is 322 g/mol. The lowest BCUT2D eigenvalue weighted by Crippen LogP contribution is -2.36. The van der Waals surface area contributed by atoms with Crippen LogP contribution in [0.25, 0.3) is 10.9 Å². The lowest BCUT2D eigenvalue weighted by Gasteiger charge is -2.27. The molecule has 0 bridgehead atoms. The number of aryl methyl sites for hydroxylation is 3. The van der Waals surface area contributed by atoms with Gasteiger partial charge >= 0.3 is 0 Å². The number of carbonyl (C=O) groups excluding carboxylic acids is 1. The minimum atomic E-state index is 0.201. The Labute approximate surface area is 141 Å². The summed E-state index contributed by atoms with van der Waals surface area (Å²) in [5.74, 6) is 0.201. The maximum absolute atomic E-state index is 12.6. The van der Waals surface area contributed by atoms with E-state index in [0.29, 0.717) is 19.5 Å². The molecule has 1 aliphatic heterocycles. The number of hydrogen-bond donors (Lipinski definition) is 1. The number of nitrogens with zero attached hydrogens (tertiary/aromatic N) is 3. The van der Waals surface area contributed by atoms with Crippen LogP contribution in [0, 0.1) is 13.8 Å². The Kier molecular flexibility index (Phi) is 3.63. The normalized spacial score (nSPS) is 14.2. The van der Waals surface area contributed by atoms with Crippen molar-refractivity contribution in [3.05, 3.63) is 53.0 Å². The van der Waals surface area contributed by atoms with Gasteiger partial charge in [0.2, 0.25) is 5.91 Å². The van der Waals surface area contributed by atoms with Gasteiger partial charge in [0.15, 0.2) is 0 Å². The highest BCUT2D eigenvalue weighted by Crippen LogP contribution is 2.27. The number of carbonyl (C=O) groups is 1. The SMILES string of the molecule is Cc1cc(C)n(CCC(=O)N2CCc3c([nH]c4ccccc34)C2)n1. The van der Waals surface area contributed by atoms with Gasteiger partial charge in [-0.1, -0.05) is 18.2 Å². The van der Waals surface area contributed by atoms with E-state index in [2.05, 4.69) is 28.3 Å². The van der Waals surface area contributed by atoms with Crippen molar-refractivity contribution in [2.75, 3.05) is 6.54 Å². The summed E-state index contributed by atoms with van der Waals surface area (Å²) in [5, 5.41) is 5.73. The van der Waals surface area contributed by atoms with E-state index in [1.807, 2.05) is 35.6 Å². The molecule has 1 amide bonds. The molecule has 5 heteroatoms. The minimum absolute atomic E-state index is 0.201. The fourth-order valence-electron chi connectivity index (χ4n) is 3.67. The summed E-state index contributed by atoms with van der Waals surface area (Å²) >= 11 is 0. The fourth-order valence-corrected chi connectivity index (χ4v) is 3.67. The van der Waals surface area contributed by atoms with Gasteiger partial charge in [0, 0.05) is 41.8 Å². The lowest BCUT2D eigenvalue weighted by molar-refractivity contribution is -0.132. The molecule has 3 aromatic rings. The smallest absolute Gasteiger partial charge is 0.224 e. The lowest BCUT2D eigenvalue weighted by atomic mass is 10.0. The first-order valence-electron chi connectivity index (χ1n) is 8.49. The summed E-state index contributed by atoms with van der Waals surface area (Å²) in [6.45, 7) is 6.13. The van der Waals surface area contributed by atoms with E-state index >= 15 is 0 Å². The van der Waals surface area contributed by atoms with Gasteiger partial charge in [-0.2, -0.15) is 5.10 Å². The Balaban J connectivity index is 1.46. The zero-order valence-corrected chi connectivity index (χ0v) is 14.2. The van der Waals surface area contributed by atoms with Gasteiger partial charge in [0.1, 0.15) is 0 Å². The largest absolute Gasteiger partial charge is 0.357 e. The van der Waals surface area contributed by atoms with Crippen molar-refractivity contribution in [3.8, 4) is 0 Å². The first kappa shape index (κ1) is 15.0. The molecule has 0 spiro atoms. The first-order chi connectivity index (χ1) is 11.6. The van der Waals surface area contributed by atoms with E-state index < -0.39 is 0 Å². The highest BCUT2D eigenvalue weighted by atomic mass is 16.2. The number of amides is 1. The van der Waals surface area contributed by atoms with Crippen LogP contribution < -0.4 is 0 Å². The van der Waals surface area contributed by atoms with E-state index in [-0.39, 0.29) is 5.91 Å². The average Bonchev–Trinajstić information content (AvgIpc) is 3.11. The van der Waals surface area contributed by atoms with Gasteiger partial charge in [-0.25, -0.2) is 0 Å². The highest BCUT2D eigenvalue weighted by Gasteiger charge is 2.23. The van der Waals surface area contributed by atoms with Crippen molar-refractivity contribution < 1.29 is 4.79 Å². The quantitative estimate of drug-likeness (QED) is 0.806. The second-order valence-corrected chi connectivity index (χ2v) is 6.59. The Hall–Kier alpha value is -2.56. The molecule has 24 heavy (non-hydrogen) atoms. The molecule has 124 valence electrons. The Morgan fingerprint density at radius 1 is 1.29 bits per heavy atom. The molecular weight excluding hydrogens is 300 g/mol. The number of H-pyrrole nitrogens is 1. The Bertz CT molecular complexity index is 905. The molecule has 2 aromatic heterocycles. The topological polar surface area (TPSA) is 53.9 Å². The van der Waals surface area contributed by atoms with Crippen molar-refractivity contribution >= 4 is 16.8 Å². The zero-order chi connectivity index (χ0) is 16.7. The second kappa shape index (κ2) is 5.82. The maximum Gasteiger partial charge on any atom is 0.224 e. The monoisotopic (exact) mass is 322 g/mol. The van der Waals surface area contributed by atoms with Crippen molar-refractivity contribution in [1.82, 2.24) is 19.7 Å². The number of fused-ring (bicyclic) bond motifs is 3. The second-order valence-electron chi connectivity index (χ2n) is 6.59. The van der Waals surface area contributed by atoms with E-state index in [1.165, 1.54) is 22.2 Å². The van der Waals surface area contributed by atoms with Gasteiger partial charge < -0.3 is 9.88 Å². The third kappa shape index (κ3) is 2.60. The number of para-hydroxylation sites is 1. The summed E-state index contributed by atoms with van der Waals surface area (Å²) < 4.78 is 1.92. The van der Waals surface area contributed by atoms with Crippen LogP contribution in [0.2, 0.25) is 0 Å². The molecular formula is C19H22N4O. The molecule has 1 aromatic carbocycles. The predicted molar refractivity (Wildman–Crippen MR) is 93.7 cm³/mol.